The normalized spacial score (nSPS) is 28.1. The number of carbonyl (C=O) groups is 3. The minimum Gasteiger partial charge on any atom is -0.508 e. The third-order valence-corrected chi connectivity index (χ3v) is 8.92. The van der Waals surface area contributed by atoms with Gasteiger partial charge in [0.15, 0.2) is 0 Å². The van der Waals surface area contributed by atoms with Crippen LogP contribution in [0.15, 0.2) is 18.2 Å². The lowest BCUT2D eigenvalue weighted by Gasteiger charge is -2.36. The van der Waals surface area contributed by atoms with Crippen LogP contribution in [0, 0.1) is 17.3 Å². The van der Waals surface area contributed by atoms with Crippen molar-refractivity contribution in [2.75, 3.05) is 6.54 Å². The second kappa shape index (κ2) is 12.6. The number of nitrogens with zero attached hydrogens (tertiary/aromatic N) is 3. The summed E-state index contributed by atoms with van der Waals surface area (Å²) in [6.45, 7) is 13.0. The van der Waals surface area contributed by atoms with Crippen molar-refractivity contribution in [3.8, 4) is 11.6 Å². The number of phenolic OH excluding ortho intramolecular Hbond substituents is 1. The Bertz CT molecular complexity index is 1430. The summed E-state index contributed by atoms with van der Waals surface area (Å²) in [4.78, 5) is 52.5. The minimum absolute atomic E-state index is 0.0728. The number of phenols is 1. The Labute approximate surface area is 265 Å². The van der Waals surface area contributed by atoms with Crippen molar-refractivity contribution in [2.45, 2.75) is 123 Å². The maximum atomic E-state index is 14.4. The summed E-state index contributed by atoms with van der Waals surface area (Å²) in [5.41, 5.74) is 0.392. The molecule has 6 atom stereocenters. The fourth-order valence-electron chi connectivity index (χ4n) is 6.49. The standard InChI is InChI=1S/C34H48N4O7/c1-8-21-26-18-38(27(21)31(41)45-34(5,6)7)30(40)28(33(2,3)4)37-32(42)44-25-16-19(25)12-10-9-11-13-23-29(43-26)36-24-17-20(39)14-15-22(24)35-23/h14-15,17,19,21,25-28,39H,8-13,16,18H2,1-7H3,(H,37,42)/t19-,21-,25-,26+,27+,28-/m1/s1. The van der Waals surface area contributed by atoms with Crippen LogP contribution in [0.2, 0.25) is 0 Å². The lowest BCUT2D eigenvalue weighted by molar-refractivity contribution is -0.165. The van der Waals surface area contributed by atoms with Crippen LogP contribution in [-0.4, -0.2) is 74.4 Å². The number of rotatable bonds is 2. The first-order chi connectivity index (χ1) is 21.1. The van der Waals surface area contributed by atoms with Crippen molar-refractivity contribution in [3.63, 3.8) is 0 Å². The molecule has 1 aliphatic carbocycles. The number of aromatic nitrogens is 2. The average molecular weight is 625 g/mol. The van der Waals surface area contributed by atoms with Crippen molar-refractivity contribution >= 4 is 29.0 Å². The Morgan fingerprint density at radius 2 is 1.80 bits per heavy atom. The molecule has 0 radical (unpaired) electrons. The predicted octanol–water partition coefficient (Wildman–Crippen LogP) is 5.31. The number of hydrogen-bond acceptors (Lipinski definition) is 9. The molecule has 1 aromatic carbocycles. The van der Waals surface area contributed by atoms with Gasteiger partial charge in [-0.1, -0.05) is 40.5 Å². The van der Waals surface area contributed by atoms with E-state index in [0.717, 1.165) is 32.1 Å². The maximum absolute atomic E-state index is 14.4. The largest absolute Gasteiger partial charge is 0.508 e. The van der Waals surface area contributed by atoms with Gasteiger partial charge in [0, 0.05) is 12.0 Å². The highest BCUT2D eigenvalue weighted by molar-refractivity contribution is 5.91. The summed E-state index contributed by atoms with van der Waals surface area (Å²) in [5.74, 6) is -0.615. The molecule has 1 saturated carbocycles. The molecular formula is C34H48N4O7. The molecule has 11 nitrogen and oxygen atoms in total. The zero-order valence-electron chi connectivity index (χ0n) is 27.6. The minimum atomic E-state index is -0.957. The van der Waals surface area contributed by atoms with Gasteiger partial charge in [0.05, 0.1) is 17.6 Å². The molecule has 0 spiro atoms. The van der Waals surface area contributed by atoms with E-state index in [0.29, 0.717) is 41.4 Å². The first kappa shape index (κ1) is 32.8. The summed E-state index contributed by atoms with van der Waals surface area (Å²) >= 11 is 0. The van der Waals surface area contributed by atoms with Gasteiger partial charge in [0.25, 0.3) is 0 Å². The number of benzene rings is 1. The summed E-state index contributed by atoms with van der Waals surface area (Å²) in [6, 6.07) is 2.98. The molecule has 2 aliphatic heterocycles. The fourth-order valence-corrected chi connectivity index (χ4v) is 6.49. The molecule has 45 heavy (non-hydrogen) atoms. The van der Waals surface area contributed by atoms with Gasteiger partial charge in [-0.2, -0.15) is 0 Å². The van der Waals surface area contributed by atoms with Crippen LogP contribution in [-0.2, 0) is 25.5 Å². The number of fused-ring (bicyclic) bond motifs is 5. The number of amides is 2. The van der Waals surface area contributed by atoms with Gasteiger partial charge in [-0.05, 0) is 76.3 Å². The third-order valence-electron chi connectivity index (χ3n) is 8.92. The zero-order valence-corrected chi connectivity index (χ0v) is 27.6. The average Bonchev–Trinajstić information content (AvgIpc) is 3.56. The lowest BCUT2D eigenvalue weighted by atomic mass is 9.85. The van der Waals surface area contributed by atoms with E-state index in [9.17, 15) is 19.5 Å². The quantitative estimate of drug-likeness (QED) is 0.426. The lowest BCUT2D eigenvalue weighted by Crippen LogP contribution is -2.58. The van der Waals surface area contributed by atoms with Gasteiger partial charge in [0.1, 0.15) is 41.3 Å². The van der Waals surface area contributed by atoms with Gasteiger partial charge in [0.2, 0.25) is 11.8 Å². The molecule has 0 unspecified atom stereocenters. The van der Waals surface area contributed by atoms with Crippen LogP contribution in [0.25, 0.3) is 11.0 Å². The van der Waals surface area contributed by atoms with Crippen molar-refractivity contribution < 1.29 is 33.7 Å². The van der Waals surface area contributed by atoms with Crippen LogP contribution < -0.4 is 10.1 Å². The molecule has 1 aromatic heterocycles. The zero-order chi connectivity index (χ0) is 32.7. The molecule has 2 bridgehead atoms. The highest BCUT2D eigenvalue weighted by Crippen LogP contribution is 2.39. The van der Waals surface area contributed by atoms with Gasteiger partial charge in [-0.25, -0.2) is 19.6 Å². The van der Waals surface area contributed by atoms with Gasteiger partial charge in [-0.3, -0.25) is 4.79 Å². The number of ether oxygens (including phenoxy) is 3. The Kier molecular flexibility index (Phi) is 9.20. The van der Waals surface area contributed by atoms with Crippen molar-refractivity contribution in [1.82, 2.24) is 20.2 Å². The van der Waals surface area contributed by atoms with Crippen LogP contribution in [0.4, 0.5) is 4.79 Å². The Hall–Kier alpha value is -3.63. The third kappa shape index (κ3) is 7.61. The van der Waals surface area contributed by atoms with E-state index >= 15 is 0 Å². The van der Waals surface area contributed by atoms with Crippen LogP contribution in [0.1, 0.15) is 92.7 Å². The number of nitrogens with one attached hydrogen (secondary N) is 1. The number of hydrogen-bond donors (Lipinski definition) is 2. The second-order valence-electron chi connectivity index (χ2n) is 14.8. The summed E-state index contributed by atoms with van der Waals surface area (Å²) in [5, 5.41) is 13.0. The molecule has 246 valence electrons. The summed E-state index contributed by atoms with van der Waals surface area (Å²) in [7, 11) is 0. The summed E-state index contributed by atoms with van der Waals surface area (Å²) < 4.78 is 18.2. The highest BCUT2D eigenvalue weighted by Gasteiger charge is 2.53. The molecule has 3 aliphatic rings. The van der Waals surface area contributed by atoms with E-state index in [-0.39, 0.29) is 18.4 Å². The SMILES string of the molecule is CC[C@@H]1[C@@H]2CN(C(=O)[C@H](C(C)(C)C)NC(=O)O[C@@H]3C[C@H]3CCCCCc3nc4ccc(O)cc4nc3O2)[C@@H]1C(=O)OC(C)(C)C. The van der Waals surface area contributed by atoms with E-state index < -0.39 is 53.1 Å². The molecule has 3 heterocycles. The molecule has 2 fully saturated rings. The van der Waals surface area contributed by atoms with Gasteiger partial charge >= 0.3 is 12.1 Å². The van der Waals surface area contributed by atoms with E-state index in [1.54, 1.807) is 39.0 Å². The number of esters is 1. The molecule has 2 amide bonds. The monoisotopic (exact) mass is 624 g/mol. The van der Waals surface area contributed by atoms with Gasteiger partial charge < -0.3 is 29.5 Å². The Balaban J connectivity index is 1.56. The topological polar surface area (TPSA) is 140 Å². The van der Waals surface area contributed by atoms with Crippen LogP contribution in [0.3, 0.4) is 0 Å². The summed E-state index contributed by atoms with van der Waals surface area (Å²) in [6.07, 6.45) is 4.39. The highest BCUT2D eigenvalue weighted by atomic mass is 16.6. The van der Waals surface area contributed by atoms with E-state index in [4.69, 9.17) is 24.2 Å². The predicted molar refractivity (Wildman–Crippen MR) is 168 cm³/mol. The fraction of sp³-hybridized carbons (Fsp3) is 0.676. The van der Waals surface area contributed by atoms with Crippen LogP contribution >= 0.6 is 0 Å². The smallest absolute Gasteiger partial charge is 0.408 e. The van der Waals surface area contributed by atoms with Crippen molar-refractivity contribution in [1.29, 1.82) is 0 Å². The maximum Gasteiger partial charge on any atom is 0.408 e. The Morgan fingerprint density at radius 3 is 2.49 bits per heavy atom. The molecule has 2 N–H and O–H groups in total. The first-order valence-electron chi connectivity index (χ1n) is 16.3. The molecule has 1 saturated heterocycles. The molecule has 2 aromatic rings. The number of carbonyl (C=O) groups excluding carboxylic acids is 3. The second-order valence-corrected chi connectivity index (χ2v) is 14.8. The van der Waals surface area contributed by atoms with Gasteiger partial charge in [-0.15, -0.1) is 0 Å². The van der Waals surface area contributed by atoms with Crippen molar-refractivity contribution in [2.24, 2.45) is 17.3 Å². The molecule has 5 rings (SSSR count). The molecular weight excluding hydrogens is 576 g/mol. The number of aryl methyl sites for hydroxylation is 1. The Morgan fingerprint density at radius 1 is 1.04 bits per heavy atom. The van der Waals surface area contributed by atoms with E-state index in [1.165, 1.54) is 4.90 Å². The first-order valence-corrected chi connectivity index (χ1v) is 16.3. The van der Waals surface area contributed by atoms with Crippen molar-refractivity contribution in [3.05, 3.63) is 23.9 Å². The number of alkyl carbamates (subject to hydrolysis) is 1. The number of aromatic hydroxyl groups is 1. The molecule has 11 heteroatoms. The van der Waals surface area contributed by atoms with Crippen LogP contribution in [0.5, 0.6) is 11.6 Å². The van der Waals surface area contributed by atoms with E-state index in [2.05, 4.69) is 5.32 Å². The van der Waals surface area contributed by atoms with E-state index in [1.807, 2.05) is 27.7 Å².